The number of hydrogen-bond acceptors (Lipinski definition) is 10. The molecule has 1 N–H and O–H groups in total. The molecule has 0 heterocycles. The van der Waals surface area contributed by atoms with E-state index in [0.29, 0.717) is 18.1 Å². The van der Waals surface area contributed by atoms with Crippen LogP contribution in [-0.4, -0.2) is 79.7 Å². The van der Waals surface area contributed by atoms with Crippen LogP contribution in [0.1, 0.15) is 113 Å². The number of aliphatic hydroxyl groups excluding tert-OH is 1. The van der Waals surface area contributed by atoms with Gasteiger partial charge < -0.3 is 24.1 Å². The fraction of sp³-hybridized carbons (Fsp3) is 0.900. The van der Waals surface area contributed by atoms with Crippen molar-refractivity contribution in [3.63, 3.8) is 0 Å². The van der Waals surface area contributed by atoms with Crippen molar-refractivity contribution in [2.24, 2.45) is 11.8 Å². The number of unbranched alkanes of at least 4 members (excludes halogenated alkanes) is 6. The Kier molecular flexibility index (Phi) is 21.5. The minimum absolute atomic E-state index is 0.0428. The molecule has 0 saturated carbocycles. The summed E-state index contributed by atoms with van der Waals surface area (Å²) in [5, 5.41) is 10.1. The lowest BCUT2D eigenvalue weighted by Crippen LogP contribution is -2.45. The number of nitrogens with zero attached hydrogens (tertiary/aromatic N) is 1. The van der Waals surface area contributed by atoms with Crippen LogP contribution in [0.4, 0.5) is 4.79 Å². The molecule has 0 aliphatic rings. The molecule has 0 spiro atoms. The zero-order valence-electron chi connectivity index (χ0n) is 26.8. The van der Waals surface area contributed by atoms with Crippen molar-refractivity contribution in [2.45, 2.75) is 130 Å². The van der Waals surface area contributed by atoms with Gasteiger partial charge in [0.25, 0.3) is 0 Å². The summed E-state index contributed by atoms with van der Waals surface area (Å²) in [4.78, 5) is 49.5. The highest BCUT2D eigenvalue weighted by molar-refractivity contribution is 5.72. The van der Waals surface area contributed by atoms with Crippen molar-refractivity contribution in [3.8, 4) is 0 Å². The lowest BCUT2D eigenvalue weighted by atomic mass is 10.0. The first-order chi connectivity index (χ1) is 19.4. The van der Waals surface area contributed by atoms with Crippen LogP contribution < -0.4 is 0 Å². The molecule has 1 amide bonds. The highest BCUT2D eigenvalue weighted by atomic mass is 17.0. The van der Waals surface area contributed by atoms with Crippen LogP contribution >= 0.6 is 0 Å². The summed E-state index contributed by atoms with van der Waals surface area (Å²) in [5.41, 5.74) is -0.882. The maximum atomic E-state index is 12.9. The standard InChI is InChI=1S/C30H57NO10/c1-9-11-13-15-17-23(3)27(33)37-21-26(22-38-28(34)24(4)18-16-14-12-10-2)41-31(29(35)39-30(5,6)7)40-25(19-32)20-36-8/h23-26,32H,9-22H2,1-8H3. The van der Waals surface area contributed by atoms with E-state index in [2.05, 4.69) is 13.8 Å². The molecule has 0 saturated heterocycles. The Balaban J connectivity index is 5.55. The van der Waals surface area contributed by atoms with Gasteiger partial charge in [-0.1, -0.05) is 79.1 Å². The van der Waals surface area contributed by atoms with E-state index in [9.17, 15) is 19.5 Å². The third-order valence-corrected chi connectivity index (χ3v) is 6.20. The Labute approximate surface area is 247 Å². The molecule has 0 rings (SSSR count). The largest absolute Gasteiger partial charge is 0.462 e. The molecule has 0 radical (unpaired) electrons. The van der Waals surface area contributed by atoms with Gasteiger partial charge in [-0.05, 0) is 38.8 Å². The van der Waals surface area contributed by atoms with Crippen LogP contribution in [-0.2, 0) is 38.2 Å². The molecular formula is C30H57NO10. The normalized spacial score (nSPS) is 14.6. The molecule has 0 aliphatic heterocycles. The van der Waals surface area contributed by atoms with Crippen LogP contribution in [0.15, 0.2) is 0 Å². The molecular weight excluding hydrogens is 534 g/mol. The first kappa shape index (κ1) is 39.0. The van der Waals surface area contributed by atoms with Gasteiger partial charge in [-0.15, -0.1) is 0 Å². The zero-order chi connectivity index (χ0) is 31.3. The summed E-state index contributed by atoms with van der Waals surface area (Å²) in [5.74, 6) is -1.47. The lowest BCUT2D eigenvalue weighted by molar-refractivity contribution is -0.383. The van der Waals surface area contributed by atoms with Gasteiger partial charge in [0, 0.05) is 7.11 Å². The van der Waals surface area contributed by atoms with E-state index >= 15 is 0 Å². The van der Waals surface area contributed by atoms with Crippen molar-refractivity contribution in [1.29, 1.82) is 0 Å². The minimum atomic E-state index is -1.09. The highest BCUT2D eigenvalue weighted by Gasteiger charge is 2.31. The number of aliphatic hydroxyl groups is 1. The summed E-state index contributed by atoms with van der Waals surface area (Å²) in [6.45, 7) is 11.8. The van der Waals surface area contributed by atoms with Crippen LogP contribution in [0, 0.1) is 11.8 Å². The highest BCUT2D eigenvalue weighted by Crippen LogP contribution is 2.17. The molecule has 41 heavy (non-hydrogen) atoms. The predicted molar refractivity (Wildman–Crippen MR) is 155 cm³/mol. The van der Waals surface area contributed by atoms with Gasteiger partial charge in [-0.2, -0.15) is 0 Å². The van der Waals surface area contributed by atoms with Gasteiger partial charge in [-0.25, -0.2) is 14.5 Å². The number of rotatable bonds is 23. The number of esters is 2. The van der Waals surface area contributed by atoms with Crippen LogP contribution in [0.25, 0.3) is 0 Å². The zero-order valence-corrected chi connectivity index (χ0v) is 26.8. The van der Waals surface area contributed by atoms with Crippen LogP contribution in [0.2, 0.25) is 0 Å². The van der Waals surface area contributed by atoms with E-state index in [1.54, 1.807) is 34.6 Å². The van der Waals surface area contributed by atoms with Gasteiger partial charge in [0.15, 0.2) is 6.10 Å². The number of methoxy groups -OCH3 is 1. The SMILES string of the molecule is CCCCCCC(C)C(=O)OCC(COC(=O)C(C)CCCCCC)ON(OC(CO)COC)C(=O)OC(C)(C)C. The fourth-order valence-electron chi connectivity index (χ4n) is 3.72. The van der Waals surface area contributed by atoms with Crippen molar-refractivity contribution in [1.82, 2.24) is 5.23 Å². The smallest absolute Gasteiger partial charge is 0.460 e. The van der Waals surface area contributed by atoms with E-state index in [4.69, 9.17) is 28.6 Å². The molecule has 0 aliphatic carbocycles. The van der Waals surface area contributed by atoms with Crippen molar-refractivity contribution in [2.75, 3.05) is 33.5 Å². The van der Waals surface area contributed by atoms with Crippen molar-refractivity contribution in [3.05, 3.63) is 0 Å². The second kappa shape index (κ2) is 22.6. The molecule has 0 fully saturated rings. The Morgan fingerprint density at radius 3 is 1.59 bits per heavy atom. The molecule has 0 aromatic heterocycles. The Hall–Kier alpha value is -1.95. The van der Waals surface area contributed by atoms with E-state index in [1.807, 2.05) is 0 Å². The number of hydroxylamine groups is 2. The Morgan fingerprint density at radius 2 is 1.20 bits per heavy atom. The summed E-state index contributed by atoms with van der Waals surface area (Å²) in [6.07, 6.45) is 6.69. The van der Waals surface area contributed by atoms with Gasteiger partial charge in [-0.3, -0.25) is 9.59 Å². The maximum Gasteiger partial charge on any atom is 0.460 e. The van der Waals surface area contributed by atoms with E-state index in [1.165, 1.54) is 7.11 Å². The second-order valence-corrected chi connectivity index (χ2v) is 11.6. The Bertz CT molecular complexity index is 678. The minimum Gasteiger partial charge on any atom is -0.462 e. The first-order valence-corrected chi connectivity index (χ1v) is 15.2. The molecule has 11 nitrogen and oxygen atoms in total. The van der Waals surface area contributed by atoms with Crippen LogP contribution in [0.5, 0.6) is 0 Å². The maximum absolute atomic E-state index is 12.9. The quantitative estimate of drug-likeness (QED) is 0.0677. The van der Waals surface area contributed by atoms with Gasteiger partial charge in [0.2, 0.25) is 0 Å². The average molecular weight is 592 g/mol. The van der Waals surface area contributed by atoms with Gasteiger partial charge in [0.1, 0.15) is 24.9 Å². The van der Waals surface area contributed by atoms with E-state index < -0.39 is 42.4 Å². The van der Waals surface area contributed by atoms with Crippen molar-refractivity contribution >= 4 is 18.0 Å². The topological polar surface area (TPSA) is 130 Å². The molecule has 0 aromatic rings. The molecule has 11 heteroatoms. The molecule has 242 valence electrons. The lowest BCUT2D eigenvalue weighted by Gasteiger charge is -2.30. The summed E-state index contributed by atoms with van der Waals surface area (Å²) in [7, 11) is 1.42. The molecule has 3 unspecified atom stereocenters. The van der Waals surface area contributed by atoms with E-state index in [-0.39, 0.29) is 31.7 Å². The van der Waals surface area contributed by atoms with Crippen molar-refractivity contribution < 1.29 is 48.1 Å². The van der Waals surface area contributed by atoms with Gasteiger partial charge in [0.05, 0.1) is 25.0 Å². The predicted octanol–water partition coefficient (Wildman–Crippen LogP) is 5.76. The summed E-state index contributed by atoms with van der Waals surface area (Å²) < 4.78 is 21.4. The number of hydrogen-bond donors (Lipinski definition) is 1. The molecule has 3 atom stereocenters. The number of ether oxygens (including phenoxy) is 4. The first-order valence-electron chi connectivity index (χ1n) is 15.2. The van der Waals surface area contributed by atoms with E-state index in [0.717, 1.165) is 51.4 Å². The summed E-state index contributed by atoms with van der Waals surface area (Å²) in [6, 6.07) is 0. The third-order valence-electron chi connectivity index (χ3n) is 6.20. The number of amides is 1. The number of carbonyl (C=O) groups is 3. The third kappa shape index (κ3) is 19.7. The monoisotopic (exact) mass is 591 g/mol. The fourth-order valence-corrected chi connectivity index (χ4v) is 3.72. The number of carbonyl (C=O) groups excluding carboxylic acids is 3. The summed E-state index contributed by atoms with van der Waals surface area (Å²) >= 11 is 0. The van der Waals surface area contributed by atoms with Gasteiger partial charge >= 0.3 is 18.0 Å². The molecule has 0 aromatic carbocycles. The Morgan fingerprint density at radius 1 is 0.732 bits per heavy atom. The molecule has 0 bridgehead atoms. The average Bonchev–Trinajstić information content (AvgIpc) is 2.92. The van der Waals surface area contributed by atoms with Crippen LogP contribution in [0.3, 0.4) is 0 Å². The second-order valence-electron chi connectivity index (χ2n) is 11.6.